The van der Waals surface area contributed by atoms with Gasteiger partial charge in [0, 0.05) is 38.9 Å². The summed E-state index contributed by atoms with van der Waals surface area (Å²) in [4.78, 5) is 14.1. The first-order valence-corrected chi connectivity index (χ1v) is 5.61. The third-order valence-corrected chi connectivity index (χ3v) is 2.90. The van der Waals surface area contributed by atoms with Gasteiger partial charge in [-0.25, -0.2) is 0 Å². The SMILES string of the molecule is Cc1nn(C)cc1C(=O)N1CCNC(C)C1. The molecule has 0 aliphatic carbocycles. The third kappa shape index (κ3) is 2.09. The van der Waals surface area contributed by atoms with Gasteiger partial charge in [-0.15, -0.1) is 0 Å². The topological polar surface area (TPSA) is 50.2 Å². The van der Waals surface area contributed by atoms with Crippen molar-refractivity contribution in [2.75, 3.05) is 19.6 Å². The van der Waals surface area contributed by atoms with Crippen molar-refractivity contribution in [3.63, 3.8) is 0 Å². The number of aromatic nitrogens is 2. The van der Waals surface area contributed by atoms with Crippen molar-refractivity contribution in [3.05, 3.63) is 17.5 Å². The molecule has 1 aromatic heterocycles. The second-order valence-corrected chi connectivity index (χ2v) is 4.41. The zero-order chi connectivity index (χ0) is 11.7. The van der Waals surface area contributed by atoms with Gasteiger partial charge in [0.2, 0.25) is 0 Å². The standard InChI is InChI=1S/C11H18N4O/c1-8-6-15(5-4-12-8)11(16)10-7-14(3)13-9(10)2/h7-8,12H,4-6H2,1-3H3. The Bertz CT molecular complexity index is 399. The highest BCUT2D eigenvalue weighted by Gasteiger charge is 2.23. The van der Waals surface area contributed by atoms with E-state index in [1.54, 1.807) is 10.9 Å². The normalized spacial score (nSPS) is 21.2. The molecule has 0 spiro atoms. The monoisotopic (exact) mass is 222 g/mol. The molecule has 0 saturated carbocycles. The minimum atomic E-state index is 0.0963. The van der Waals surface area contributed by atoms with Gasteiger partial charge in [-0.3, -0.25) is 9.48 Å². The van der Waals surface area contributed by atoms with E-state index in [2.05, 4.69) is 17.3 Å². The molecule has 0 aromatic carbocycles. The summed E-state index contributed by atoms with van der Waals surface area (Å²) in [6.45, 7) is 6.38. The summed E-state index contributed by atoms with van der Waals surface area (Å²) < 4.78 is 1.69. The van der Waals surface area contributed by atoms with Crippen LogP contribution in [0.4, 0.5) is 0 Å². The molecule has 5 heteroatoms. The molecule has 1 saturated heterocycles. The predicted molar refractivity (Wildman–Crippen MR) is 61.3 cm³/mol. The van der Waals surface area contributed by atoms with Crippen molar-refractivity contribution in [2.24, 2.45) is 7.05 Å². The van der Waals surface area contributed by atoms with E-state index in [-0.39, 0.29) is 5.91 Å². The quantitative estimate of drug-likeness (QED) is 0.736. The van der Waals surface area contributed by atoms with E-state index in [1.165, 1.54) is 0 Å². The lowest BCUT2D eigenvalue weighted by Gasteiger charge is -2.31. The van der Waals surface area contributed by atoms with Gasteiger partial charge in [-0.05, 0) is 13.8 Å². The number of aryl methyl sites for hydroxylation is 2. The molecule has 88 valence electrons. The molecule has 0 bridgehead atoms. The summed E-state index contributed by atoms with van der Waals surface area (Å²) in [6, 6.07) is 0.370. The highest BCUT2D eigenvalue weighted by molar-refractivity contribution is 5.95. The van der Waals surface area contributed by atoms with Crippen molar-refractivity contribution in [1.82, 2.24) is 20.0 Å². The van der Waals surface area contributed by atoms with E-state index in [1.807, 2.05) is 18.9 Å². The Kier molecular flexibility index (Phi) is 2.96. The Morgan fingerprint density at radius 1 is 1.62 bits per heavy atom. The van der Waals surface area contributed by atoms with Gasteiger partial charge in [0.25, 0.3) is 5.91 Å². The number of nitrogens with zero attached hydrogens (tertiary/aromatic N) is 3. The Balaban J connectivity index is 2.15. The summed E-state index contributed by atoms with van der Waals surface area (Å²) in [7, 11) is 1.84. The maximum absolute atomic E-state index is 12.2. The van der Waals surface area contributed by atoms with Crippen LogP contribution in [0.1, 0.15) is 23.0 Å². The summed E-state index contributed by atoms with van der Waals surface area (Å²) in [5.41, 5.74) is 1.52. The second kappa shape index (κ2) is 4.25. The molecule has 1 N–H and O–H groups in total. The molecular weight excluding hydrogens is 204 g/mol. The number of amides is 1. The Hall–Kier alpha value is -1.36. The molecule has 1 unspecified atom stereocenters. The van der Waals surface area contributed by atoms with E-state index in [0.717, 1.165) is 30.9 Å². The number of carbonyl (C=O) groups is 1. The Morgan fingerprint density at radius 3 is 2.94 bits per heavy atom. The van der Waals surface area contributed by atoms with Crippen LogP contribution in [-0.2, 0) is 7.05 Å². The van der Waals surface area contributed by atoms with E-state index in [9.17, 15) is 4.79 Å². The fourth-order valence-corrected chi connectivity index (χ4v) is 2.10. The number of hydrogen-bond acceptors (Lipinski definition) is 3. The van der Waals surface area contributed by atoms with Crippen LogP contribution in [-0.4, -0.2) is 46.3 Å². The fraction of sp³-hybridized carbons (Fsp3) is 0.636. The molecular formula is C11H18N4O. The van der Waals surface area contributed by atoms with Crippen LogP contribution >= 0.6 is 0 Å². The van der Waals surface area contributed by atoms with Crippen LogP contribution in [0.5, 0.6) is 0 Å². The zero-order valence-corrected chi connectivity index (χ0v) is 10.0. The van der Waals surface area contributed by atoms with Crippen molar-refractivity contribution < 1.29 is 4.79 Å². The van der Waals surface area contributed by atoms with Gasteiger partial charge in [0.1, 0.15) is 0 Å². The van der Waals surface area contributed by atoms with E-state index >= 15 is 0 Å². The molecule has 2 rings (SSSR count). The molecule has 1 aliphatic rings. The van der Waals surface area contributed by atoms with Gasteiger partial charge < -0.3 is 10.2 Å². The zero-order valence-electron chi connectivity index (χ0n) is 10.0. The summed E-state index contributed by atoms with van der Waals surface area (Å²) >= 11 is 0. The lowest BCUT2D eigenvalue weighted by Crippen LogP contribution is -2.51. The highest BCUT2D eigenvalue weighted by atomic mass is 16.2. The first-order chi connectivity index (χ1) is 7.58. The number of nitrogens with one attached hydrogen (secondary N) is 1. The molecule has 16 heavy (non-hydrogen) atoms. The van der Waals surface area contributed by atoms with E-state index in [0.29, 0.717) is 6.04 Å². The van der Waals surface area contributed by atoms with Gasteiger partial charge in [-0.1, -0.05) is 0 Å². The van der Waals surface area contributed by atoms with Crippen LogP contribution in [0.2, 0.25) is 0 Å². The first kappa shape index (κ1) is 11.1. The van der Waals surface area contributed by atoms with Crippen molar-refractivity contribution in [1.29, 1.82) is 0 Å². The lowest BCUT2D eigenvalue weighted by molar-refractivity contribution is 0.0708. The van der Waals surface area contributed by atoms with Gasteiger partial charge in [0.05, 0.1) is 11.3 Å². The predicted octanol–water partition coefficient (Wildman–Crippen LogP) is 0.162. The van der Waals surface area contributed by atoms with Crippen molar-refractivity contribution in [3.8, 4) is 0 Å². The minimum absolute atomic E-state index is 0.0963. The van der Waals surface area contributed by atoms with Crippen LogP contribution in [0.25, 0.3) is 0 Å². The summed E-state index contributed by atoms with van der Waals surface area (Å²) in [5.74, 6) is 0.0963. The molecule has 1 aliphatic heterocycles. The molecule has 1 amide bonds. The lowest BCUT2D eigenvalue weighted by atomic mass is 10.2. The van der Waals surface area contributed by atoms with E-state index in [4.69, 9.17) is 0 Å². The van der Waals surface area contributed by atoms with Crippen molar-refractivity contribution >= 4 is 5.91 Å². The average Bonchev–Trinajstić information content (AvgIpc) is 2.57. The van der Waals surface area contributed by atoms with Gasteiger partial charge in [0.15, 0.2) is 0 Å². The average molecular weight is 222 g/mol. The Labute approximate surface area is 95.4 Å². The number of hydrogen-bond donors (Lipinski definition) is 1. The molecule has 2 heterocycles. The van der Waals surface area contributed by atoms with Crippen LogP contribution in [0, 0.1) is 6.92 Å². The van der Waals surface area contributed by atoms with Crippen LogP contribution in [0.15, 0.2) is 6.20 Å². The number of piperazine rings is 1. The maximum atomic E-state index is 12.2. The highest BCUT2D eigenvalue weighted by Crippen LogP contribution is 2.10. The molecule has 5 nitrogen and oxygen atoms in total. The smallest absolute Gasteiger partial charge is 0.257 e. The number of rotatable bonds is 1. The number of carbonyl (C=O) groups excluding carboxylic acids is 1. The molecule has 1 aromatic rings. The van der Waals surface area contributed by atoms with Crippen molar-refractivity contribution in [2.45, 2.75) is 19.9 Å². The first-order valence-electron chi connectivity index (χ1n) is 5.61. The van der Waals surface area contributed by atoms with Crippen LogP contribution in [0.3, 0.4) is 0 Å². The maximum Gasteiger partial charge on any atom is 0.257 e. The minimum Gasteiger partial charge on any atom is -0.336 e. The third-order valence-electron chi connectivity index (χ3n) is 2.90. The molecule has 0 radical (unpaired) electrons. The largest absolute Gasteiger partial charge is 0.336 e. The van der Waals surface area contributed by atoms with Crippen LogP contribution < -0.4 is 5.32 Å². The van der Waals surface area contributed by atoms with Gasteiger partial charge >= 0.3 is 0 Å². The Morgan fingerprint density at radius 2 is 2.38 bits per heavy atom. The van der Waals surface area contributed by atoms with Gasteiger partial charge in [-0.2, -0.15) is 5.10 Å². The summed E-state index contributed by atoms with van der Waals surface area (Å²) in [6.07, 6.45) is 1.80. The summed E-state index contributed by atoms with van der Waals surface area (Å²) in [5, 5.41) is 7.52. The second-order valence-electron chi connectivity index (χ2n) is 4.41. The molecule has 1 fully saturated rings. The van der Waals surface area contributed by atoms with E-state index < -0.39 is 0 Å². The fourth-order valence-electron chi connectivity index (χ4n) is 2.10. The molecule has 1 atom stereocenters.